The number of Topliss-reactive ketones (excluding diaryl/α,β-unsaturated/α-hetero) is 1. The third-order valence-corrected chi connectivity index (χ3v) is 4.83. The minimum atomic E-state index is -0.274. The summed E-state index contributed by atoms with van der Waals surface area (Å²) in [5, 5.41) is 3.12. The summed E-state index contributed by atoms with van der Waals surface area (Å²) in [7, 11) is 0. The Morgan fingerprint density at radius 2 is 1.70 bits per heavy atom. The first-order chi connectivity index (χ1) is 12.9. The molecule has 1 N–H and O–H groups in total. The Hall–Kier alpha value is -2.53. The molecule has 5 nitrogen and oxygen atoms in total. The van der Waals surface area contributed by atoms with E-state index in [9.17, 15) is 9.59 Å². The van der Waals surface area contributed by atoms with Crippen LogP contribution in [0.1, 0.15) is 40.7 Å². The molecule has 2 aromatic carbocycles. The molecule has 0 radical (unpaired) electrons. The number of aryl methyl sites for hydroxylation is 2. The number of hydrogen-bond acceptors (Lipinski definition) is 4. The van der Waals surface area contributed by atoms with Crippen LogP contribution in [0.4, 0.5) is 5.69 Å². The molecule has 142 valence electrons. The molecule has 0 unspecified atom stereocenters. The number of amides is 1. The van der Waals surface area contributed by atoms with Gasteiger partial charge in [-0.15, -0.1) is 0 Å². The highest BCUT2D eigenvalue weighted by atomic mass is 35.5. The van der Waals surface area contributed by atoms with Crippen molar-refractivity contribution in [3.05, 3.63) is 52.0 Å². The van der Waals surface area contributed by atoms with Gasteiger partial charge in [0.05, 0.1) is 23.9 Å². The van der Waals surface area contributed by atoms with Gasteiger partial charge in [-0.3, -0.25) is 9.59 Å². The number of carbonyl (C=O) groups excluding carboxylic acids is 2. The zero-order chi connectivity index (χ0) is 19.4. The van der Waals surface area contributed by atoms with Crippen molar-refractivity contribution >= 4 is 29.0 Å². The minimum absolute atomic E-state index is 0.0574. The predicted molar refractivity (Wildman–Crippen MR) is 105 cm³/mol. The monoisotopic (exact) mass is 387 g/mol. The van der Waals surface area contributed by atoms with E-state index in [1.165, 1.54) is 0 Å². The highest BCUT2D eigenvalue weighted by Gasteiger charge is 2.16. The fourth-order valence-electron chi connectivity index (χ4n) is 2.78. The third-order valence-electron chi connectivity index (χ3n) is 4.52. The van der Waals surface area contributed by atoms with Crippen molar-refractivity contribution in [3.63, 3.8) is 0 Å². The number of halogens is 1. The van der Waals surface area contributed by atoms with Gasteiger partial charge in [0.15, 0.2) is 17.3 Å². The van der Waals surface area contributed by atoms with Crippen LogP contribution in [0.2, 0.25) is 5.02 Å². The summed E-state index contributed by atoms with van der Waals surface area (Å²) in [5.74, 6) is 0.792. The van der Waals surface area contributed by atoms with E-state index in [0.717, 1.165) is 17.5 Å². The number of fused-ring (bicyclic) bond motifs is 1. The Bertz CT molecular complexity index is 879. The predicted octanol–water partition coefficient (Wildman–Crippen LogP) is 4.72. The van der Waals surface area contributed by atoms with Gasteiger partial charge < -0.3 is 14.8 Å². The first-order valence-corrected chi connectivity index (χ1v) is 9.31. The van der Waals surface area contributed by atoms with Crippen LogP contribution in [0, 0.1) is 13.8 Å². The van der Waals surface area contributed by atoms with E-state index < -0.39 is 0 Å². The standard InChI is InChI=1S/C21H22ClNO4/c1-13-4-5-15(10-14(13)2)18(24)6-7-21(25)23-17-12-20-19(11-16(17)22)26-8-3-9-27-20/h4-5,10-12H,3,6-9H2,1-2H3,(H,23,25). The molecule has 0 bridgehead atoms. The highest BCUT2D eigenvalue weighted by molar-refractivity contribution is 6.34. The van der Waals surface area contributed by atoms with Gasteiger partial charge in [0.25, 0.3) is 0 Å². The van der Waals surface area contributed by atoms with Crippen LogP contribution >= 0.6 is 11.6 Å². The first-order valence-electron chi connectivity index (χ1n) is 8.93. The van der Waals surface area contributed by atoms with Gasteiger partial charge in [0.1, 0.15) is 0 Å². The summed E-state index contributed by atoms with van der Waals surface area (Å²) in [6.07, 6.45) is 1.00. The van der Waals surface area contributed by atoms with E-state index in [4.69, 9.17) is 21.1 Å². The van der Waals surface area contributed by atoms with Crippen molar-refractivity contribution < 1.29 is 19.1 Å². The highest BCUT2D eigenvalue weighted by Crippen LogP contribution is 2.37. The van der Waals surface area contributed by atoms with Crippen LogP contribution in [0.25, 0.3) is 0 Å². The summed E-state index contributed by atoms with van der Waals surface area (Å²) < 4.78 is 11.2. The van der Waals surface area contributed by atoms with Gasteiger partial charge in [-0.05, 0) is 31.0 Å². The zero-order valence-electron chi connectivity index (χ0n) is 15.4. The van der Waals surface area contributed by atoms with Gasteiger partial charge in [0.2, 0.25) is 5.91 Å². The van der Waals surface area contributed by atoms with E-state index in [2.05, 4.69) is 5.32 Å². The van der Waals surface area contributed by atoms with Crippen LogP contribution < -0.4 is 14.8 Å². The molecule has 0 spiro atoms. The fourth-order valence-corrected chi connectivity index (χ4v) is 2.98. The molecule has 0 saturated heterocycles. The molecule has 1 amide bonds. The number of nitrogens with one attached hydrogen (secondary N) is 1. The molecule has 1 aliphatic heterocycles. The second-order valence-corrected chi connectivity index (χ2v) is 7.01. The van der Waals surface area contributed by atoms with Crippen molar-refractivity contribution in [1.82, 2.24) is 0 Å². The number of hydrogen-bond donors (Lipinski definition) is 1. The molecule has 1 heterocycles. The maximum atomic E-state index is 12.3. The average molecular weight is 388 g/mol. The first kappa shape index (κ1) is 19.2. The maximum Gasteiger partial charge on any atom is 0.224 e. The number of ether oxygens (including phenoxy) is 2. The van der Waals surface area contributed by atoms with Crippen LogP contribution in [-0.2, 0) is 4.79 Å². The molecular formula is C21H22ClNO4. The van der Waals surface area contributed by atoms with E-state index in [0.29, 0.717) is 41.0 Å². The largest absolute Gasteiger partial charge is 0.490 e. The van der Waals surface area contributed by atoms with Gasteiger partial charge in [0, 0.05) is 37.0 Å². The molecule has 2 aromatic rings. The van der Waals surface area contributed by atoms with Crippen LogP contribution in [0.5, 0.6) is 11.5 Å². The number of carbonyl (C=O) groups is 2. The van der Waals surface area contributed by atoms with Crippen molar-refractivity contribution in [3.8, 4) is 11.5 Å². The molecule has 0 aliphatic carbocycles. The molecule has 0 aromatic heterocycles. The summed E-state index contributed by atoms with van der Waals surface area (Å²) >= 11 is 6.23. The molecule has 0 saturated carbocycles. The molecule has 0 atom stereocenters. The number of anilines is 1. The lowest BCUT2D eigenvalue weighted by molar-refractivity contribution is -0.116. The quantitative estimate of drug-likeness (QED) is 0.754. The van der Waals surface area contributed by atoms with E-state index in [1.54, 1.807) is 18.2 Å². The van der Waals surface area contributed by atoms with Crippen molar-refractivity contribution in [2.75, 3.05) is 18.5 Å². The number of benzene rings is 2. The van der Waals surface area contributed by atoms with E-state index >= 15 is 0 Å². The number of rotatable bonds is 5. The van der Waals surface area contributed by atoms with Crippen LogP contribution in [0.15, 0.2) is 30.3 Å². The van der Waals surface area contributed by atoms with Gasteiger partial charge in [-0.25, -0.2) is 0 Å². The van der Waals surface area contributed by atoms with Crippen molar-refractivity contribution in [2.24, 2.45) is 0 Å². The summed E-state index contributed by atoms with van der Waals surface area (Å²) in [4.78, 5) is 24.6. The van der Waals surface area contributed by atoms with E-state index in [1.807, 2.05) is 26.0 Å². The maximum absolute atomic E-state index is 12.3. The zero-order valence-corrected chi connectivity index (χ0v) is 16.2. The molecular weight excluding hydrogens is 366 g/mol. The molecule has 0 fully saturated rings. The topological polar surface area (TPSA) is 64.6 Å². The average Bonchev–Trinajstić information content (AvgIpc) is 2.87. The lowest BCUT2D eigenvalue weighted by Gasteiger charge is -2.12. The molecule has 6 heteroatoms. The second-order valence-electron chi connectivity index (χ2n) is 6.60. The Morgan fingerprint density at radius 3 is 2.41 bits per heavy atom. The summed E-state index contributed by atoms with van der Waals surface area (Å²) in [6.45, 7) is 5.07. The van der Waals surface area contributed by atoms with Crippen LogP contribution in [0.3, 0.4) is 0 Å². The minimum Gasteiger partial charge on any atom is -0.490 e. The molecule has 1 aliphatic rings. The summed E-state index contributed by atoms with van der Waals surface area (Å²) in [6, 6.07) is 8.86. The normalized spacial score (nSPS) is 13.0. The van der Waals surface area contributed by atoms with Crippen molar-refractivity contribution in [2.45, 2.75) is 33.1 Å². The Kier molecular flexibility index (Phi) is 6.01. The van der Waals surface area contributed by atoms with Crippen molar-refractivity contribution in [1.29, 1.82) is 0 Å². The number of ketones is 1. The Balaban J connectivity index is 1.61. The summed E-state index contributed by atoms with van der Waals surface area (Å²) in [5.41, 5.74) is 3.27. The third kappa shape index (κ3) is 4.80. The molecule has 27 heavy (non-hydrogen) atoms. The second kappa shape index (κ2) is 8.44. The Labute approximate surface area is 163 Å². The smallest absolute Gasteiger partial charge is 0.224 e. The Morgan fingerprint density at radius 1 is 1.00 bits per heavy atom. The SMILES string of the molecule is Cc1ccc(C(=O)CCC(=O)Nc2cc3c(cc2Cl)OCCCO3)cc1C. The van der Waals surface area contributed by atoms with Crippen LogP contribution in [-0.4, -0.2) is 24.9 Å². The van der Waals surface area contributed by atoms with E-state index in [-0.39, 0.29) is 24.5 Å². The van der Waals surface area contributed by atoms with Gasteiger partial charge in [-0.2, -0.15) is 0 Å². The molecule has 3 rings (SSSR count). The lowest BCUT2D eigenvalue weighted by Crippen LogP contribution is -2.14. The fraction of sp³-hybridized carbons (Fsp3) is 0.333. The van der Waals surface area contributed by atoms with Gasteiger partial charge >= 0.3 is 0 Å². The lowest BCUT2D eigenvalue weighted by atomic mass is 10.0. The van der Waals surface area contributed by atoms with Gasteiger partial charge in [-0.1, -0.05) is 23.7 Å².